The molecule has 0 aromatic rings. The summed E-state index contributed by atoms with van der Waals surface area (Å²) in [6.07, 6.45) is 2.26. The van der Waals surface area contributed by atoms with Crippen molar-refractivity contribution in [3.63, 3.8) is 0 Å². The zero-order valence-electron chi connectivity index (χ0n) is 8.70. The second-order valence-electron chi connectivity index (χ2n) is 4.41. The third kappa shape index (κ3) is 3.55. The molecular weight excluding hydrogens is 209 g/mol. The Morgan fingerprint density at radius 2 is 1.45 bits per heavy atom. The molecule has 0 rings (SSSR count). The first kappa shape index (κ1) is 14.6. The summed E-state index contributed by atoms with van der Waals surface area (Å²) in [5.74, 6) is 0. The fraction of sp³-hybridized carbons (Fsp3) is 0.900. The summed E-state index contributed by atoms with van der Waals surface area (Å²) in [6.45, 7) is 15.4. The minimum atomic E-state index is 0. The van der Waals surface area contributed by atoms with E-state index in [9.17, 15) is 0 Å². The molecule has 65 valence electrons. The van der Waals surface area contributed by atoms with Gasteiger partial charge < -0.3 is 6.92 Å². The van der Waals surface area contributed by atoms with Crippen LogP contribution in [-0.2, 0) is 32.7 Å². The molecule has 0 heterocycles. The van der Waals surface area contributed by atoms with E-state index in [4.69, 9.17) is 0 Å². The molecule has 0 aliphatic carbocycles. The second-order valence-corrected chi connectivity index (χ2v) is 4.41. The molecule has 0 N–H and O–H groups in total. The van der Waals surface area contributed by atoms with Crippen molar-refractivity contribution in [1.82, 2.24) is 0 Å². The summed E-state index contributed by atoms with van der Waals surface area (Å²) in [7, 11) is 0. The molecule has 0 fully saturated rings. The van der Waals surface area contributed by atoms with Crippen LogP contribution < -0.4 is 0 Å². The van der Waals surface area contributed by atoms with E-state index in [1.165, 1.54) is 6.42 Å². The first-order valence-electron chi connectivity index (χ1n) is 4.16. The molecule has 0 aliphatic rings. The quantitative estimate of drug-likeness (QED) is 0.635. The van der Waals surface area contributed by atoms with Crippen LogP contribution in [0.1, 0.15) is 47.5 Å². The maximum absolute atomic E-state index is 4.00. The van der Waals surface area contributed by atoms with E-state index in [1.54, 1.807) is 0 Å². The van der Waals surface area contributed by atoms with Gasteiger partial charge in [0, 0.05) is 32.7 Å². The number of rotatable bonds is 2. The smallest absolute Gasteiger partial charge is 0 e. The second kappa shape index (κ2) is 4.97. The molecule has 1 radical (unpaired) electrons. The van der Waals surface area contributed by atoms with Gasteiger partial charge in [-0.25, -0.2) is 0 Å². The Bertz CT molecular complexity index is 95.9. The van der Waals surface area contributed by atoms with Crippen molar-refractivity contribution in [2.45, 2.75) is 47.5 Å². The van der Waals surface area contributed by atoms with Gasteiger partial charge in [-0.1, -0.05) is 46.5 Å². The molecule has 0 aromatic carbocycles. The maximum Gasteiger partial charge on any atom is 0 e. The van der Waals surface area contributed by atoms with E-state index in [2.05, 4.69) is 41.5 Å². The number of hydrogen-bond acceptors (Lipinski definition) is 0. The summed E-state index contributed by atoms with van der Waals surface area (Å²) >= 11 is 0. The van der Waals surface area contributed by atoms with E-state index in [0.29, 0.717) is 10.8 Å². The van der Waals surface area contributed by atoms with Crippen LogP contribution in [0.25, 0.3) is 0 Å². The third-order valence-electron chi connectivity index (χ3n) is 3.14. The van der Waals surface area contributed by atoms with Crippen LogP contribution in [0.15, 0.2) is 0 Å². The van der Waals surface area contributed by atoms with Gasteiger partial charge in [0.15, 0.2) is 0 Å². The molecule has 1 unspecified atom stereocenters. The Morgan fingerprint density at radius 1 is 1.09 bits per heavy atom. The van der Waals surface area contributed by atoms with Gasteiger partial charge in [0.25, 0.3) is 0 Å². The Balaban J connectivity index is 0. The van der Waals surface area contributed by atoms with Crippen molar-refractivity contribution in [1.29, 1.82) is 0 Å². The van der Waals surface area contributed by atoms with Gasteiger partial charge in [0.2, 0.25) is 0 Å². The zero-order valence-corrected chi connectivity index (χ0v) is 11.5. The predicted octanol–water partition coefficient (Wildman–Crippen LogP) is 3.67. The third-order valence-corrected chi connectivity index (χ3v) is 3.14. The normalized spacial score (nSPS) is 16.9. The van der Waals surface area contributed by atoms with Crippen LogP contribution in [0.2, 0.25) is 0 Å². The van der Waals surface area contributed by atoms with E-state index < -0.39 is 0 Å². The van der Waals surface area contributed by atoms with Crippen molar-refractivity contribution >= 4 is 0 Å². The summed E-state index contributed by atoms with van der Waals surface area (Å²) in [6, 6.07) is 0. The van der Waals surface area contributed by atoms with Gasteiger partial charge in [-0.2, -0.15) is 6.42 Å². The van der Waals surface area contributed by atoms with Crippen LogP contribution in [0.3, 0.4) is 0 Å². The Labute approximate surface area is 97.4 Å². The molecule has 1 heteroatoms. The first-order valence-corrected chi connectivity index (χ1v) is 4.16. The molecule has 0 saturated heterocycles. The largest absolute Gasteiger partial charge is 0.343 e. The molecule has 0 nitrogen and oxygen atoms in total. The fourth-order valence-corrected chi connectivity index (χ4v) is 1.08. The SMILES string of the molecule is [CH2-]CC(C)(CC)C(C)(C)C.[Y]. The standard InChI is InChI=1S/C10H21.Y/c1-7-10(6,8-2)9(3,4)5;/h1,7-8H2,2-6H3;/q-1;. The monoisotopic (exact) mass is 230 g/mol. The topological polar surface area (TPSA) is 0 Å². The van der Waals surface area contributed by atoms with Crippen molar-refractivity contribution in [2.75, 3.05) is 0 Å². The Hall–Kier alpha value is 1.10. The van der Waals surface area contributed by atoms with Gasteiger partial charge in [0.05, 0.1) is 0 Å². The van der Waals surface area contributed by atoms with Crippen LogP contribution in [0.4, 0.5) is 0 Å². The molecule has 0 saturated carbocycles. The van der Waals surface area contributed by atoms with Crippen molar-refractivity contribution in [3.8, 4) is 0 Å². The summed E-state index contributed by atoms with van der Waals surface area (Å²) < 4.78 is 0. The first-order chi connectivity index (χ1) is 4.37. The molecule has 0 bridgehead atoms. The van der Waals surface area contributed by atoms with Crippen molar-refractivity contribution < 1.29 is 32.7 Å². The van der Waals surface area contributed by atoms with Crippen LogP contribution >= 0.6 is 0 Å². The van der Waals surface area contributed by atoms with Gasteiger partial charge in [-0.05, 0) is 5.41 Å². The van der Waals surface area contributed by atoms with Gasteiger partial charge in [-0.3, -0.25) is 0 Å². The summed E-state index contributed by atoms with van der Waals surface area (Å²) in [5.41, 5.74) is 0.802. The van der Waals surface area contributed by atoms with E-state index >= 15 is 0 Å². The molecule has 0 aliphatic heterocycles. The molecule has 0 spiro atoms. The maximum atomic E-state index is 4.00. The summed E-state index contributed by atoms with van der Waals surface area (Å²) in [5, 5.41) is 0. The molecule has 1 atom stereocenters. The predicted molar refractivity (Wildman–Crippen MR) is 47.8 cm³/mol. The minimum absolute atomic E-state index is 0. The van der Waals surface area contributed by atoms with E-state index in [0.717, 1.165) is 6.42 Å². The summed E-state index contributed by atoms with van der Waals surface area (Å²) in [4.78, 5) is 0. The van der Waals surface area contributed by atoms with E-state index in [1.807, 2.05) is 0 Å². The van der Waals surface area contributed by atoms with Crippen LogP contribution in [0.5, 0.6) is 0 Å². The average Bonchev–Trinajstić information content (AvgIpc) is 1.84. The molecule has 0 aromatic heterocycles. The Morgan fingerprint density at radius 3 is 1.45 bits per heavy atom. The zero-order chi connectivity index (χ0) is 8.41. The molecular formula is C10H21Y-. The molecule has 11 heavy (non-hydrogen) atoms. The van der Waals surface area contributed by atoms with Crippen molar-refractivity contribution in [2.24, 2.45) is 10.8 Å². The number of hydrogen-bond donors (Lipinski definition) is 0. The molecule has 0 amide bonds. The Kier molecular flexibility index (Phi) is 6.60. The fourth-order valence-electron chi connectivity index (χ4n) is 1.08. The van der Waals surface area contributed by atoms with Gasteiger partial charge in [0.1, 0.15) is 0 Å². The van der Waals surface area contributed by atoms with Crippen LogP contribution in [0, 0.1) is 17.8 Å². The minimum Gasteiger partial charge on any atom is -0.343 e. The van der Waals surface area contributed by atoms with Gasteiger partial charge in [-0.15, -0.1) is 0 Å². The van der Waals surface area contributed by atoms with E-state index in [-0.39, 0.29) is 32.7 Å². The van der Waals surface area contributed by atoms with Crippen molar-refractivity contribution in [3.05, 3.63) is 6.92 Å². The van der Waals surface area contributed by atoms with Gasteiger partial charge >= 0.3 is 0 Å². The van der Waals surface area contributed by atoms with Crippen LogP contribution in [-0.4, -0.2) is 0 Å². The average molecular weight is 230 g/mol.